The highest BCUT2D eigenvalue weighted by Crippen LogP contribution is 2.43. The monoisotopic (exact) mass is 367 g/mol. The summed E-state index contributed by atoms with van der Waals surface area (Å²) >= 11 is 0. The van der Waals surface area contributed by atoms with Crippen molar-refractivity contribution in [1.29, 1.82) is 0 Å². The third-order valence-corrected chi connectivity index (χ3v) is 4.18. The number of rotatable bonds is 4. The molecule has 8 heteroatoms. The average Bonchev–Trinajstić information content (AvgIpc) is 2.75. The number of alkyl halides is 3. The summed E-state index contributed by atoms with van der Waals surface area (Å²) in [5.74, 6) is -0.453. The Bertz CT molecular complexity index is 831. The van der Waals surface area contributed by atoms with E-state index in [1.807, 2.05) is 0 Å². The van der Waals surface area contributed by atoms with Gasteiger partial charge in [0.25, 0.3) is 5.91 Å². The van der Waals surface area contributed by atoms with Gasteiger partial charge in [-0.2, -0.15) is 0 Å². The molecule has 0 aliphatic carbocycles. The minimum atomic E-state index is -4.86. The van der Waals surface area contributed by atoms with Crippen molar-refractivity contribution in [2.45, 2.75) is 25.4 Å². The van der Waals surface area contributed by atoms with Crippen LogP contribution in [0.1, 0.15) is 18.1 Å². The molecule has 0 radical (unpaired) electrons. The fourth-order valence-corrected chi connectivity index (χ4v) is 2.90. The number of aliphatic hydroxyl groups is 1. The summed E-state index contributed by atoms with van der Waals surface area (Å²) in [4.78, 5) is 13.9. The van der Waals surface area contributed by atoms with Crippen LogP contribution in [-0.2, 0) is 16.9 Å². The van der Waals surface area contributed by atoms with E-state index in [9.17, 15) is 23.1 Å². The maximum absolute atomic E-state index is 12.6. The lowest BCUT2D eigenvalue weighted by atomic mass is 9.98. The molecule has 1 atom stereocenters. The highest BCUT2D eigenvalue weighted by atomic mass is 19.4. The number of benzene rings is 2. The van der Waals surface area contributed by atoms with Crippen molar-refractivity contribution < 1.29 is 32.5 Å². The molecule has 138 valence electrons. The van der Waals surface area contributed by atoms with E-state index < -0.39 is 23.6 Å². The van der Waals surface area contributed by atoms with Crippen molar-refractivity contribution in [2.75, 3.05) is 12.0 Å². The normalized spacial score (nSPS) is 19.5. The summed E-state index contributed by atoms with van der Waals surface area (Å²) < 4.78 is 46.2. The Kier molecular flexibility index (Phi) is 4.31. The van der Waals surface area contributed by atoms with Crippen molar-refractivity contribution in [1.82, 2.24) is 0 Å². The van der Waals surface area contributed by atoms with Crippen molar-refractivity contribution in [3.8, 4) is 11.5 Å². The van der Waals surface area contributed by atoms with E-state index in [1.54, 1.807) is 24.3 Å². The van der Waals surface area contributed by atoms with Crippen molar-refractivity contribution >= 4 is 11.6 Å². The number of carbonyl (C=O) groups excluding carboxylic acids is 1. The van der Waals surface area contributed by atoms with Crippen LogP contribution in [-0.4, -0.2) is 24.5 Å². The third kappa shape index (κ3) is 3.32. The zero-order valence-corrected chi connectivity index (χ0v) is 14.0. The molecule has 26 heavy (non-hydrogen) atoms. The fraction of sp³-hybridized carbons (Fsp3) is 0.278. The summed E-state index contributed by atoms with van der Waals surface area (Å²) in [6.45, 7) is 1.41. The molecule has 1 heterocycles. The Morgan fingerprint density at radius 3 is 2.31 bits per heavy atom. The number of carbonyl (C=O) groups is 1. The van der Waals surface area contributed by atoms with Crippen LogP contribution < -0.4 is 14.4 Å². The van der Waals surface area contributed by atoms with Crippen LogP contribution in [0.15, 0.2) is 42.5 Å². The number of halogens is 3. The van der Waals surface area contributed by atoms with E-state index in [1.165, 1.54) is 25.0 Å². The Balaban J connectivity index is 1.93. The number of nitrogens with zero attached hydrogens (tertiary/aromatic N) is 1. The second kappa shape index (κ2) is 6.21. The number of amides is 1. The Labute approximate surface area is 147 Å². The number of anilines is 1. The average molecular weight is 367 g/mol. The fourth-order valence-electron chi connectivity index (χ4n) is 2.90. The van der Waals surface area contributed by atoms with E-state index in [0.717, 1.165) is 17.7 Å². The van der Waals surface area contributed by atoms with Gasteiger partial charge in [0.05, 0.1) is 19.3 Å². The van der Waals surface area contributed by atoms with Gasteiger partial charge in [-0.05, 0) is 42.8 Å². The lowest BCUT2D eigenvalue weighted by Gasteiger charge is -2.19. The molecule has 1 amide bonds. The van der Waals surface area contributed by atoms with Gasteiger partial charge >= 0.3 is 6.36 Å². The molecule has 0 bridgehead atoms. The Morgan fingerprint density at radius 1 is 1.12 bits per heavy atom. The first-order valence-corrected chi connectivity index (χ1v) is 7.69. The molecule has 1 unspecified atom stereocenters. The van der Waals surface area contributed by atoms with E-state index in [2.05, 4.69) is 4.74 Å². The van der Waals surface area contributed by atoms with Crippen molar-refractivity contribution in [3.05, 3.63) is 53.6 Å². The van der Waals surface area contributed by atoms with Gasteiger partial charge in [-0.1, -0.05) is 12.1 Å². The molecule has 0 aromatic heterocycles. The number of hydrogen-bond donors (Lipinski definition) is 1. The van der Waals surface area contributed by atoms with Gasteiger partial charge in [0.2, 0.25) is 0 Å². The van der Waals surface area contributed by atoms with Crippen LogP contribution in [0.4, 0.5) is 18.9 Å². The number of hydrogen-bond acceptors (Lipinski definition) is 4. The molecule has 5 nitrogen and oxygen atoms in total. The van der Waals surface area contributed by atoms with Crippen LogP contribution >= 0.6 is 0 Å². The minimum absolute atomic E-state index is 0.0674. The van der Waals surface area contributed by atoms with E-state index in [-0.39, 0.29) is 12.1 Å². The highest BCUT2D eigenvalue weighted by molar-refractivity contribution is 6.06. The van der Waals surface area contributed by atoms with Gasteiger partial charge in [-0.25, -0.2) is 0 Å². The zero-order chi connectivity index (χ0) is 19.1. The topological polar surface area (TPSA) is 59.0 Å². The first kappa shape index (κ1) is 18.1. The first-order valence-electron chi connectivity index (χ1n) is 7.69. The van der Waals surface area contributed by atoms with Crippen LogP contribution in [0.25, 0.3) is 0 Å². The third-order valence-electron chi connectivity index (χ3n) is 4.18. The number of ether oxygens (including phenoxy) is 2. The molecular weight excluding hydrogens is 351 g/mol. The second-order valence-electron chi connectivity index (χ2n) is 6.04. The minimum Gasteiger partial charge on any atom is -0.497 e. The van der Waals surface area contributed by atoms with Gasteiger partial charge in [0.15, 0.2) is 5.60 Å². The molecule has 0 spiro atoms. The molecule has 1 N–H and O–H groups in total. The molecule has 0 fully saturated rings. The molecule has 2 aromatic carbocycles. The van der Waals surface area contributed by atoms with E-state index >= 15 is 0 Å². The predicted molar refractivity (Wildman–Crippen MR) is 86.9 cm³/mol. The molecule has 0 saturated carbocycles. The first-order chi connectivity index (χ1) is 12.1. The van der Waals surface area contributed by atoms with E-state index in [4.69, 9.17) is 4.74 Å². The molecule has 0 saturated heterocycles. The SMILES string of the molecule is COc1ccc(CN2C(=O)C(C)(O)c3cc(OC(F)(F)F)ccc32)cc1. The van der Waals surface area contributed by atoms with Gasteiger partial charge < -0.3 is 19.5 Å². The van der Waals surface area contributed by atoms with Crippen LogP contribution in [0.5, 0.6) is 11.5 Å². The van der Waals surface area contributed by atoms with Crippen LogP contribution in [0, 0.1) is 0 Å². The Morgan fingerprint density at radius 2 is 1.73 bits per heavy atom. The van der Waals surface area contributed by atoms with Gasteiger partial charge in [0.1, 0.15) is 11.5 Å². The Hall–Kier alpha value is -2.74. The lowest BCUT2D eigenvalue weighted by Crippen LogP contribution is -2.37. The lowest BCUT2D eigenvalue weighted by molar-refractivity contribution is -0.274. The van der Waals surface area contributed by atoms with Crippen molar-refractivity contribution in [3.63, 3.8) is 0 Å². The summed E-state index contributed by atoms with van der Waals surface area (Å²) in [5, 5.41) is 10.5. The summed E-state index contributed by atoms with van der Waals surface area (Å²) in [6.07, 6.45) is -4.86. The summed E-state index contributed by atoms with van der Waals surface area (Å²) in [5.41, 5.74) is -0.756. The van der Waals surface area contributed by atoms with Crippen molar-refractivity contribution in [2.24, 2.45) is 0 Å². The zero-order valence-electron chi connectivity index (χ0n) is 14.0. The maximum atomic E-state index is 12.6. The summed E-state index contributed by atoms with van der Waals surface area (Å²) in [7, 11) is 1.53. The predicted octanol–water partition coefficient (Wildman–Crippen LogP) is 3.35. The van der Waals surface area contributed by atoms with E-state index in [0.29, 0.717) is 11.4 Å². The summed E-state index contributed by atoms with van der Waals surface area (Å²) in [6, 6.07) is 10.5. The molecule has 2 aromatic rings. The van der Waals surface area contributed by atoms with Crippen LogP contribution in [0.3, 0.4) is 0 Å². The maximum Gasteiger partial charge on any atom is 0.573 e. The second-order valence-corrected chi connectivity index (χ2v) is 6.04. The van der Waals surface area contributed by atoms with Crippen LogP contribution in [0.2, 0.25) is 0 Å². The highest BCUT2D eigenvalue weighted by Gasteiger charge is 2.46. The number of methoxy groups -OCH3 is 1. The molecule has 3 rings (SSSR count). The molecular formula is C18H16F3NO4. The quantitative estimate of drug-likeness (QED) is 0.901. The van der Waals surface area contributed by atoms with Gasteiger partial charge in [0, 0.05) is 5.56 Å². The smallest absolute Gasteiger partial charge is 0.497 e. The molecule has 1 aliphatic rings. The molecule has 1 aliphatic heterocycles. The van der Waals surface area contributed by atoms with Gasteiger partial charge in [-0.15, -0.1) is 13.2 Å². The van der Waals surface area contributed by atoms with Gasteiger partial charge in [-0.3, -0.25) is 4.79 Å². The largest absolute Gasteiger partial charge is 0.573 e. The standard InChI is InChI=1S/C18H16F3NO4/c1-17(24)14-9-13(26-18(19,20)21)7-8-15(14)22(16(17)23)10-11-3-5-12(25-2)6-4-11/h3-9,24H,10H2,1-2H3. The number of fused-ring (bicyclic) bond motifs is 1.